The second-order valence-corrected chi connectivity index (χ2v) is 4.11. The summed E-state index contributed by atoms with van der Waals surface area (Å²) in [5.41, 5.74) is 0.405. The molecule has 6 heteroatoms. The summed E-state index contributed by atoms with van der Waals surface area (Å²) in [6, 6.07) is 3.60. The van der Waals surface area contributed by atoms with Gasteiger partial charge in [-0.3, -0.25) is 9.20 Å². The van der Waals surface area contributed by atoms with Crippen LogP contribution in [0.2, 0.25) is 0 Å². The molecule has 0 radical (unpaired) electrons. The van der Waals surface area contributed by atoms with Crippen molar-refractivity contribution in [3.8, 4) is 0 Å². The van der Waals surface area contributed by atoms with Crippen molar-refractivity contribution in [2.24, 2.45) is 0 Å². The molecule has 0 aromatic carbocycles. The molecule has 0 saturated heterocycles. The number of carbonyl (C=O) groups is 1. The lowest BCUT2D eigenvalue weighted by Gasteiger charge is -2.09. The third-order valence-corrected chi connectivity index (χ3v) is 2.28. The number of hydrogen-bond donors (Lipinski definition) is 1. The molecule has 2 heterocycles. The fourth-order valence-corrected chi connectivity index (χ4v) is 1.59. The van der Waals surface area contributed by atoms with Gasteiger partial charge in [0.05, 0.1) is 11.7 Å². The smallest absolute Gasteiger partial charge is 0.349 e. The van der Waals surface area contributed by atoms with Gasteiger partial charge in [0, 0.05) is 12.2 Å². The van der Waals surface area contributed by atoms with Gasteiger partial charge >= 0.3 is 5.69 Å². The molecule has 2 aromatic rings. The highest BCUT2D eigenvalue weighted by Gasteiger charge is 2.08. The van der Waals surface area contributed by atoms with Crippen LogP contribution in [0.5, 0.6) is 0 Å². The molecule has 0 aliphatic heterocycles. The normalized spacial score (nSPS) is 11.0. The molecule has 2 aromatic heterocycles. The summed E-state index contributed by atoms with van der Waals surface area (Å²) in [7, 11) is 0. The van der Waals surface area contributed by atoms with E-state index in [0.29, 0.717) is 0 Å². The molecule has 0 saturated carbocycles. The van der Waals surface area contributed by atoms with E-state index < -0.39 is 0 Å². The number of nitrogens with one attached hydrogen (secondary N) is 1. The van der Waals surface area contributed by atoms with Crippen molar-refractivity contribution >= 4 is 11.4 Å². The predicted octanol–water partition coefficient (Wildman–Crippen LogP) is 0.0206. The van der Waals surface area contributed by atoms with Crippen LogP contribution >= 0.6 is 0 Å². The van der Waals surface area contributed by atoms with Crippen LogP contribution in [0.25, 0.3) is 5.52 Å². The Hall–Kier alpha value is -2.11. The molecule has 6 nitrogen and oxygen atoms in total. The quantitative estimate of drug-likeness (QED) is 0.814. The van der Waals surface area contributed by atoms with E-state index in [1.807, 2.05) is 13.8 Å². The number of carbonyl (C=O) groups excluding carboxylic acids is 1. The van der Waals surface area contributed by atoms with Crippen molar-refractivity contribution in [1.82, 2.24) is 19.5 Å². The number of amides is 1. The van der Waals surface area contributed by atoms with Gasteiger partial charge in [-0.15, -0.1) is 0 Å². The Bertz CT molecular complexity index is 597. The van der Waals surface area contributed by atoms with Crippen LogP contribution in [0.15, 0.2) is 29.3 Å². The minimum atomic E-state index is -0.314. The van der Waals surface area contributed by atoms with Crippen LogP contribution in [0.1, 0.15) is 13.8 Å². The zero-order valence-electron chi connectivity index (χ0n) is 9.75. The van der Waals surface area contributed by atoms with Crippen LogP contribution in [0.3, 0.4) is 0 Å². The Morgan fingerprint density at radius 3 is 3.00 bits per heavy atom. The molecular weight excluding hydrogens is 220 g/mol. The maximum absolute atomic E-state index is 11.9. The standard InChI is InChI=1S/C11H14N4O2/c1-8(2)13-10(16)7-15-11(17)14-5-3-4-9(14)6-12-15/h3-6,8H,7H2,1-2H3,(H,13,16). The predicted molar refractivity (Wildman–Crippen MR) is 62.7 cm³/mol. The first-order valence-electron chi connectivity index (χ1n) is 5.40. The molecule has 90 valence electrons. The average Bonchev–Trinajstić information content (AvgIpc) is 2.69. The maximum Gasteiger partial charge on any atom is 0.349 e. The van der Waals surface area contributed by atoms with Crippen LogP contribution in [0, 0.1) is 0 Å². The van der Waals surface area contributed by atoms with E-state index in [4.69, 9.17) is 0 Å². The Kier molecular flexibility index (Phi) is 2.95. The highest BCUT2D eigenvalue weighted by molar-refractivity contribution is 5.75. The lowest BCUT2D eigenvalue weighted by atomic mass is 10.4. The summed E-state index contributed by atoms with van der Waals surface area (Å²) in [5.74, 6) is -0.221. The van der Waals surface area contributed by atoms with Crippen LogP contribution in [0.4, 0.5) is 0 Å². The summed E-state index contributed by atoms with van der Waals surface area (Å²) < 4.78 is 2.60. The van der Waals surface area contributed by atoms with Crippen molar-refractivity contribution in [3.05, 3.63) is 35.0 Å². The molecular formula is C11H14N4O2. The maximum atomic E-state index is 11.9. The number of rotatable bonds is 3. The zero-order chi connectivity index (χ0) is 12.4. The third-order valence-electron chi connectivity index (χ3n) is 2.28. The summed E-state index contributed by atoms with van der Waals surface area (Å²) in [4.78, 5) is 23.4. The lowest BCUT2D eigenvalue weighted by molar-refractivity contribution is -0.122. The first-order chi connectivity index (χ1) is 8.08. The van der Waals surface area contributed by atoms with E-state index in [-0.39, 0.29) is 24.2 Å². The van der Waals surface area contributed by atoms with E-state index in [2.05, 4.69) is 10.4 Å². The van der Waals surface area contributed by atoms with Gasteiger partial charge in [-0.05, 0) is 26.0 Å². The Balaban J connectivity index is 2.27. The van der Waals surface area contributed by atoms with Crippen LogP contribution in [-0.4, -0.2) is 26.1 Å². The molecule has 1 N–H and O–H groups in total. The monoisotopic (exact) mass is 234 g/mol. The molecule has 2 rings (SSSR count). The van der Waals surface area contributed by atoms with Crippen LogP contribution < -0.4 is 11.0 Å². The Morgan fingerprint density at radius 1 is 1.53 bits per heavy atom. The topological polar surface area (TPSA) is 68.4 Å². The van der Waals surface area contributed by atoms with E-state index in [0.717, 1.165) is 10.2 Å². The zero-order valence-corrected chi connectivity index (χ0v) is 9.75. The fraction of sp³-hybridized carbons (Fsp3) is 0.364. The third kappa shape index (κ3) is 2.35. The molecule has 0 aliphatic rings. The first kappa shape index (κ1) is 11.4. The minimum Gasteiger partial charge on any atom is -0.352 e. The first-order valence-corrected chi connectivity index (χ1v) is 5.40. The summed E-state index contributed by atoms with van der Waals surface area (Å²) in [5, 5.41) is 6.66. The second-order valence-electron chi connectivity index (χ2n) is 4.11. The van der Waals surface area contributed by atoms with Crippen molar-refractivity contribution in [3.63, 3.8) is 0 Å². The van der Waals surface area contributed by atoms with Gasteiger partial charge in [0.25, 0.3) is 0 Å². The molecule has 1 amide bonds. The van der Waals surface area contributed by atoms with Gasteiger partial charge in [0.1, 0.15) is 6.54 Å². The van der Waals surface area contributed by atoms with Gasteiger partial charge in [-0.25, -0.2) is 9.48 Å². The molecule has 0 atom stereocenters. The molecule has 0 unspecified atom stereocenters. The van der Waals surface area contributed by atoms with Gasteiger partial charge < -0.3 is 5.32 Å². The van der Waals surface area contributed by atoms with E-state index in [1.165, 1.54) is 4.40 Å². The summed E-state index contributed by atoms with van der Waals surface area (Å²) >= 11 is 0. The number of fused-ring (bicyclic) bond motifs is 1. The molecule has 0 fully saturated rings. The van der Waals surface area contributed by atoms with Crippen molar-refractivity contribution in [1.29, 1.82) is 0 Å². The molecule has 0 aliphatic carbocycles. The minimum absolute atomic E-state index is 0.0495. The molecule has 17 heavy (non-hydrogen) atoms. The Labute approximate surface area is 97.9 Å². The fourth-order valence-electron chi connectivity index (χ4n) is 1.59. The number of nitrogens with zero attached hydrogens (tertiary/aromatic N) is 3. The lowest BCUT2D eigenvalue weighted by Crippen LogP contribution is -2.38. The van der Waals surface area contributed by atoms with E-state index in [9.17, 15) is 9.59 Å². The van der Waals surface area contributed by atoms with E-state index in [1.54, 1.807) is 24.5 Å². The largest absolute Gasteiger partial charge is 0.352 e. The highest BCUT2D eigenvalue weighted by atomic mass is 16.2. The Morgan fingerprint density at radius 2 is 2.29 bits per heavy atom. The number of aromatic nitrogens is 3. The second kappa shape index (κ2) is 4.40. The van der Waals surface area contributed by atoms with Crippen LogP contribution in [-0.2, 0) is 11.3 Å². The van der Waals surface area contributed by atoms with Crippen molar-refractivity contribution < 1.29 is 4.79 Å². The van der Waals surface area contributed by atoms with Gasteiger partial charge in [-0.2, -0.15) is 5.10 Å². The molecule has 0 bridgehead atoms. The molecule has 0 spiro atoms. The van der Waals surface area contributed by atoms with Gasteiger partial charge in [-0.1, -0.05) is 0 Å². The van der Waals surface area contributed by atoms with Gasteiger partial charge in [0.2, 0.25) is 5.91 Å². The van der Waals surface area contributed by atoms with Gasteiger partial charge in [0.15, 0.2) is 0 Å². The summed E-state index contributed by atoms with van der Waals surface area (Å²) in [6.07, 6.45) is 3.21. The number of hydrogen-bond acceptors (Lipinski definition) is 3. The highest BCUT2D eigenvalue weighted by Crippen LogP contribution is 1.96. The van der Waals surface area contributed by atoms with Crippen molar-refractivity contribution in [2.45, 2.75) is 26.4 Å². The van der Waals surface area contributed by atoms with E-state index >= 15 is 0 Å². The summed E-state index contributed by atoms with van der Waals surface area (Å²) in [6.45, 7) is 3.66. The van der Waals surface area contributed by atoms with Crippen molar-refractivity contribution in [2.75, 3.05) is 0 Å². The SMILES string of the molecule is CC(C)NC(=O)Cn1ncc2cccn2c1=O. The average molecular weight is 234 g/mol.